The van der Waals surface area contributed by atoms with E-state index in [9.17, 15) is 9.90 Å². The molecule has 5 aliphatic rings. The van der Waals surface area contributed by atoms with E-state index in [0.29, 0.717) is 46.8 Å². The first-order valence-corrected chi connectivity index (χ1v) is 10.4. The number of amides is 1. The minimum Gasteiger partial charge on any atom is -0.399 e. The molecule has 4 nitrogen and oxygen atoms in total. The highest BCUT2D eigenvalue weighted by Crippen LogP contribution is 2.57. The van der Waals surface area contributed by atoms with Crippen LogP contribution in [0.4, 0.5) is 5.69 Å². The Balaban J connectivity index is 1.32. The number of nitrogens with zero attached hydrogens (tertiary/aromatic N) is 1. The third-order valence-electron chi connectivity index (χ3n) is 7.45. The highest BCUT2D eigenvalue weighted by molar-refractivity contribution is 6.31. The van der Waals surface area contributed by atoms with Crippen molar-refractivity contribution in [1.29, 1.82) is 0 Å². The van der Waals surface area contributed by atoms with Gasteiger partial charge in [0, 0.05) is 29.2 Å². The first-order chi connectivity index (χ1) is 12.4. The number of aliphatic hydroxyl groups is 1. The van der Waals surface area contributed by atoms with Crippen molar-refractivity contribution in [2.45, 2.75) is 56.6 Å². The van der Waals surface area contributed by atoms with Crippen molar-refractivity contribution < 1.29 is 9.90 Å². The van der Waals surface area contributed by atoms with Crippen LogP contribution in [-0.2, 0) is 11.2 Å². The normalized spacial score (nSPS) is 41.2. The topological polar surface area (TPSA) is 66.6 Å². The summed E-state index contributed by atoms with van der Waals surface area (Å²) in [5, 5.41) is 11.5. The van der Waals surface area contributed by atoms with Crippen LogP contribution in [0.15, 0.2) is 18.2 Å². The SMILES string of the molecule is Nc1ccc(CC2CCN(C3C4CC5CC3CC(O)(C5)C4)C2=O)c(Cl)c1. The lowest BCUT2D eigenvalue weighted by atomic mass is 9.52. The molecule has 4 saturated carbocycles. The van der Waals surface area contributed by atoms with Crippen LogP contribution in [0.5, 0.6) is 0 Å². The van der Waals surface area contributed by atoms with Crippen molar-refractivity contribution in [2.75, 3.05) is 12.3 Å². The van der Waals surface area contributed by atoms with E-state index in [1.807, 2.05) is 12.1 Å². The van der Waals surface area contributed by atoms with Crippen molar-refractivity contribution in [3.8, 4) is 0 Å². The molecule has 4 aliphatic carbocycles. The smallest absolute Gasteiger partial charge is 0.226 e. The van der Waals surface area contributed by atoms with E-state index in [1.54, 1.807) is 6.07 Å². The lowest BCUT2D eigenvalue weighted by molar-refractivity contribution is -0.168. The van der Waals surface area contributed by atoms with Gasteiger partial charge >= 0.3 is 0 Å². The zero-order valence-electron chi connectivity index (χ0n) is 15.0. The molecule has 4 bridgehead atoms. The molecule has 0 spiro atoms. The molecule has 5 heteroatoms. The fourth-order valence-electron chi connectivity index (χ4n) is 6.71. The molecule has 6 rings (SSSR count). The van der Waals surface area contributed by atoms with E-state index in [4.69, 9.17) is 17.3 Å². The fourth-order valence-corrected chi connectivity index (χ4v) is 6.97. The van der Waals surface area contributed by atoms with Gasteiger partial charge in [0.1, 0.15) is 0 Å². The van der Waals surface area contributed by atoms with Gasteiger partial charge in [-0.2, -0.15) is 0 Å². The van der Waals surface area contributed by atoms with E-state index < -0.39 is 5.60 Å². The van der Waals surface area contributed by atoms with Crippen LogP contribution in [-0.4, -0.2) is 34.1 Å². The number of hydrogen-bond acceptors (Lipinski definition) is 3. The van der Waals surface area contributed by atoms with Crippen LogP contribution in [0.25, 0.3) is 0 Å². The van der Waals surface area contributed by atoms with Crippen LogP contribution >= 0.6 is 11.6 Å². The summed E-state index contributed by atoms with van der Waals surface area (Å²) >= 11 is 6.32. The summed E-state index contributed by atoms with van der Waals surface area (Å²) in [6, 6.07) is 5.93. The van der Waals surface area contributed by atoms with E-state index in [1.165, 1.54) is 12.8 Å². The number of nitrogens with two attached hydrogens (primary N) is 1. The van der Waals surface area contributed by atoms with E-state index >= 15 is 0 Å². The Morgan fingerprint density at radius 2 is 1.96 bits per heavy atom. The third-order valence-corrected chi connectivity index (χ3v) is 7.80. The Labute approximate surface area is 159 Å². The Hall–Kier alpha value is -1.26. The lowest BCUT2D eigenvalue weighted by Gasteiger charge is -2.59. The molecule has 0 radical (unpaired) electrons. The minimum absolute atomic E-state index is 0.0244. The number of rotatable bonds is 3. The Bertz CT molecular complexity index is 736. The number of halogens is 1. The second kappa shape index (κ2) is 5.87. The largest absolute Gasteiger partial charge is 0.399 e. The zero-order chi connectivity index (χ0) is 18.1. The monoisotopic (exact) mass is 374 g/mol. The molecule has 1 aromatic rings. The molecule has 3 unspecified atom stereocenters. The molecule has 3 N–H and O–H groups in total. The molecule has 1 heterocycles. The number of hydrogen-bond donors (Lipinski definition) is 2. The summed E-state index contributed by atoms with van der Waals surface area (Å²) in [5.41, 5.74) is 7.01. The maximum Gasteiger partial charge on any atom is 0.226 e. The molecule has 3 atom stereocenters. The van der Waals surface area contributed by atoms with Gasteiger partial charge in [-0.25, -0.2) is 0 Å². The number of carbonyl (C=O) groups excluding carboxylic acids is 1. The molecule has 26 heavy (non-hydrogen) atoms. The summed E-state index contributed by atoms with van der Waals surface area (Å²) in [4.78, 5) is 15.4. The highest BCUT2D eigenvalue weighted by atomic mass is 35.5. The molecule has 1 aliphatic heterocycles. The van der Waals surface area contributed by atoms with Crippen molar-refractivity contribution in [3.63, 3.8) is 0 Å². The van der Waals surface area contributed by atoms with Gasteiger partial charge in [0.25, 0.3) is 0 Å². The van der Waals surface area contributed by atoms with Gasteiger partial charge in [0.15, 0.2) is 0 Å². The molecule has 1 aromatic carbocycles. The lowest BCUT2D eigenvalue weighted by Crippen LogP contribution is -2.62. The highest BCUT2D eigenvalue weighted by Gasteiger charge is 2.57. The van der Waals surface area contributed by atoms with E-state index in [0.717, 1.165) is 37.8 Å². The van der Waals surface area contributed by atoms with Crippen LogP contribution in [0.2, 0.25) is 5.02 Å². The average molecular weight is 375 g/mol. The van der Waals surface area contributed by atoms with Crippen molar-refractivity contribution in [2.24, 2.45) is 23.7 Å². The Morgan fingerprint density at radius 1 is 1.23 bits per heavy atom. The molecule has 0 aromatic heterocycles. The van der Waals surface area contributed by atoms with Gasteiger partial charge in [0.05, 0.1) is 5.60 Å². The van der Waals surface area contributed by atoms with Gasteiger partial charge in [-0.1, -0.05) is 17.7 Å². The van der Waals surface area contributed by atoms with Crippen LogP contribution < -0.4 is 5.73 Å². The molecular formula is C21H27ClN2O2. The predicted octanol–water partition coefficient (Wildman–Crippen LogP) is 3.25. The molecule has 140 valence electrons. The van der Waals surface area contributed by atoms with Crippen LogP contribution in [0, 0.1) is 23.7 Å². The number of nitrogen functional groups attached to an aromatic ring is 1. The Morgan fingerprint density at radius 3 is 2.62 bits per heavy atom. The maximum absolute atomic E-state index is 13.2. The molecular weight excluding hydrogens is 348 g/mol. The number of anilines is 1. The molecule has 1 amide bonds. The van der Waals surface area contributed by atoms with Crippen molar-refractivity contribution in [1.82, 2.24) is 4.90 Å². The first-order valence-electron chi connectivity index (χ1n) is 9.99. The van der Waals surface area contributed by atoms with Crippen molar-refractivity contribution in [3.05, 3.63) is 28.8 Å². The molecule has 5 fully saturated rings. The van der Waals surface area contributed by atoms with Crippen LogP contribution in [0.1, 0.15) is 44.1 Å². The van der Waals surface area contributed by atoms with E-state index in [-0.39, 0.29) is 5.92 Å². The number of likely N-dealkylation sites (tertiary alicyclic amines) is 1. The zero-order valence-corrected chi connectivity index (χ0v) is 15.8. The summed E-state index contributed by atoms with van der Waals surface area (Å²) in [5.74, 6) is 1.98. The van der Waals surface area contributed by atoms with Crippen molar-refractivity contribution >= 4 is 23.2 Å². The average Bonchev–Trinajstić information content (AvgIpc) is 2.89. The van der Waals surface area contributed by atoms with Gasteiger partial charge < -0.3 is 15.7 Å². The minimum atomic E-state index is -0.438. The third kappa shape index (κ3) is 2.65. The predicted molar refractivity (Wildman–Crippen MR) is 102 cm³/mol. The first kappa shape index (κ1) is 16.9. The summed E-state index contributed by atoms with van der Waals surface area (Å²) in [7, 11) is 0. The molecule has 1 saturated heterocycles. The van der Waals surface area contributed by atoms with Crippen LogP contribution in [0.3, 0.4) is 0 Å². The fraction of sp³-hybridized carbons (Fsp3) is 0.667. The van der Waals surface area contributed by atoms with Gasteiger partial charge in [-0.15, -0.1) is 0 Å². The number of benzene rings is 1. The van der Waals surface area contributed by atoms with Gasteiger partial charge in [0.2, 0.25) is 5.91 Å². The summed E-state index contributed by atoms with van der Waals surface area (Å²) in [6.45, 7) is 0.858. The van der Waals surface area contributed by atoms with E-state index in [2.05, 4.69) is 4.90 Å². The summed E-state index contributed by atoms with van der Waals surface area (Å²) in [6.07, 6.45) is 6.76. The van der Waals surface area contributed by atoms with Gasteiger partial charge in [-0.3, -0.25) is 4.79 Å². The Kier molecular flexibility index (Phi) is 3.81. The summed E-state index contributed by atoms with van der Waals surface area (Å²) < 4.78 is 0. The van der Waals surface area contributed by atoms with Gasteiger partial charge in [-0.05, 0) is 80.4 Å². The second-order valence-corrected chi connectivity index (χ2v) is 9.66. The maximum atomic E-state index is 13.2. The quantitative estimate of drug-likeness (QED) is 0.798. The number of carbonyl (C=O) groups is 1. The standard InChI is InChI=1S/C21H27ClN2O2/c22-18-8-17(23)2-1-13(18)7-14-3-4-24(20(14)25)19-15-5-12-6-16(19)11-21(26,9-12)10-15/h1-2,8,12,14-16,19,26H,3-7,9-11,23H2. The second-order valence-electron chi connectivity index (χ2n) is 9.26.